The Balaban J connectivity index is 2.04. The van der Waals surface area contributed by atoms with E-state index in [0.29, 0.717) is 6.42 Å². The van der Waals surface area contributed by atoms with E-state index in [1.165, 1.54) is 0 Å². The third kappa shape index (κ3) is 0.701. The molecule has 0 unspecified atom stereocenters. The highest BCUT2D eigenvalue weighted by Crippen LogP contribution is 2.58. The second kappa shape index (κ2) is 2.27. The Bertz CT molecular complexity index is 329. The van der Waals surface area contributed by atoms with Gasteiger partial charge in [0.1, 0.15) is 12.3 Å². The second-order valence-electron chi connectivity index (χ2n) is 4.30. The van der Waals surface area contributed by atoms with Gasteiger partial charge in [-0.3, -0.25) is 9.59 Å². The highest BCUT2D eigenvalue weighted by molar-refractivity contribution is 5.85. The highest BCUT2D eigenvalue weighted by Gasteiger charge is 2.69. The van der Waals surface area contributed by atoms with Crippen molar-refractivity contribution in [2.45, 2.75) is 18.7 Å². The summed E-state index contributed by atoms with van der Waals surface area (Å²) in [6.45, 7) is 0. The smallest absolute Gasteiger partial charge is 0.310 e. The number of hydrogen-bond donors (Lipinski definition) is 1. The number of esters is 1. The fourth-order valence-electron chi connectivity index (χ4n) is 3.31. The van der Waals surface area contributed by atoms with Crippen molar-refractivity contribution in [1.82, 2.24) is 0 Å². The number of rotatable bonds is 1. The van der Waals surface area contributed by atoms with Gasteiger partial charge < -0.3 is 9.84 Å². The van der Waals surface area contributed by atoms with Crippen LogP contribution in [0.4, 0.5) is 4.39 Å². The van der Waals surface area contributed by atoms with Crippen LogP contribution in [0.5, 0.6) is 0 Å². The van der Waals surface area contributed by atoms with Gasteiger partial charge >= 0.3 is 11.9 Å². The predicted molar refractivity (Wildman–Crippen MR) is 41.0 cm³/mol. The monoisotopic (exact) mass is 200 g/mol. The molecule has 3 fully saturated rings. The minimum atomic E-state index is -1.27. The minimum absolute atomic E-state index is 0.191. The van der Waals surface area contributed by atoms with E-state index in [1.807, 2.05) is 0 Å². The van der Waals surface area contributed by atoms with Gasteiger partial charge in [0.25, 0.3) is 0 Å². The topological polar surface area (TPSA) is 63.6 Å². The largest absolute Gasteiger partial charge is 0.481 e. The lowest BCUT2D eigenvalue weighted by molar-refractivity contribution is -0.151. The number of hydrogen-bond acceptors (Lipinski definition) is 3. The Morgan fingerprint density at radius 1 is 1.50 bits per heavy atom. The molecule has 76 valence electrons. The van der Waals surface area contributed by atoms with E-state index in [-0.39, 0.29) is 5.92 Å². The number of carboxylic acids is 1. The zero-order chi connectivity index (χ0) is 10.0. The summed E-state index contributed by atoms with van der Waals surface area (Å²) in [4.78, 5) is 22.2. The Morgan fingerprint density at radius 2 is 2.21 bits per heavy atom. The molecule has 4 nitrogen and oxygen atoms in total. The quantitative estimate of drug-likeness (QED) is 0.615. The summed E-state index contributed by atoms with van der Waals surface area (Å²) in [7, 11) is 0. The number of halogens is 1. The van der Waals surface area contributed by atoms with Gasteiger partial charge in [-0.1, -0.05) is 0 Å². The lowest BCUT2D eigenvalue weighted by atomic mass is 9.79. The summed E-state index contributed by atoms with van der Waals surface area (Å²) in [6, 6.07) is 0. The molecule has 1 saturated heterocycles. The van der Waals surface area contributed by atoms with Crippen LogP contribution < -0.4 is 0 Å². The van der Waals surface area contributed by atoms with Gasteiger partial charge in [0.2, 0.25) is 0 Å². The van der Waals surface area contributed by atoms with Gasteiger partial charge in [-0.15, -0.1) is 0 Å². The van der Waals surface area contributed by atoms with Crippen LogP contribution in [0.3, 0.4) is 0 Å². The van der Waals surface area contributed by atoms with Crippen LogP contribution in [0.15, 0.2) is 0 Å². The highest BCUT2D eigenvalue weighted by atomic mass is 19.1. The van der Waals surface area contributed by atoms with Crippen LogP contribution in [-0.2, 0) is 14.3 Å². The predicted octanol–water partition coefficient (Wildman–Crippen LogP) is 0.217. The van der Waals surface area contributed by atoms with E-state index in [9.17, 15) is 14.0 Å². The van der Waals surface area contributed by atoms with Crippen molar-refractivity contribution in [3.05, 3.63) is 0 Å². The molecule has 0 aromatic rings. The van der Waals surface area contributed by atoms with Gasteiger partial charge in [0, 0.05) is 11.8 Å². The van der Waals surface area contributed by atoms with Crippen molar-refractivity contribution in [1.29, 1.82) is 0 Å². The molecule has 14 heavy (non-hydrogen) atoms. The van der Waals surface area contributed by atoms with Crippen molar-refractivity contribution in [2.75, 3.05) is 0 Å². The average molecular weight is 200 g/mol. The third-order valence-corrected chi connectivity index (χ3v) is 3.81. The number of carbonyl (C=O) groups is 2. The zero-order valence-corrected chi connectivity index (χ0v) is 7.22. The second-order valence-corrected chi connectivity index (χ2v) is 4.30. The van der Waals surface area contributed by atoms with Crippen molar-refractivity contribution >= 4 is 11.9 Å². The molecule has 1 aliphatic heterocycles. The van der Waals surface area contributed by atoms with Gasteiger partial charge in [0.05, 0.1) is 11.8 Å². The molecule has 3 aliphatic rings. The summed E-state index contributed by atoms with van der Waals surface area (Å²) in [6.07, 6.45) is -1.45. The number of carbonyl (C=O) groups excluding carboxylic acids is 1. The summed E-state index contributed by atoms with van der Waals surface area (Å²) in [5.74, 6) is -3.74. The molecule has 1 heterocycles. The van der Waals surface area contributed by atoms with Crippen LogP contribution in [-0.4, -0.2) is 29.3 Å². The average Bonchev–Trinajstić information content (AvgIpc) is 2.67. The first-order valence-corrected chi connectivity index (χ1v) is 4.68. The zero-order valence-electron chi connectivity index (χ0n) is 7.22. The summed E-state index contributed by atoms with van der Waals surface area (Å²) in [5.41, 5.74) is 0. The molecule has 2 saturated carbocycles. The lowest BCUT2D eigenvalue weighted by Crippen LogP contribution is -2.38. The Morgan fingerprint density at radius 3 is 2.86 bits per heavy atom. The van der Waals surface area contributed by atoms with Crippen molar-refractivity contribution in [3.8, 4) is 0 Å². The van der Waals surface area contributed by atoms with E-state index in [4.69, 9.17) is 9.84 Å². The molecule has 2 bridgehead atoms. The Labute approximate surface area is 79.0 Å². The first-order valence-electron chi connectivity index (χ1n) is 4.68. The number of carboxylic acid groups (broad SMARTS) is 1. The van der Waals surface area contributed by atoms with Crippen LogP contribution in [0.25, 0.3) is 0 Å². The molecule has 5 heteroatoms. The van der Waals surface area contributed by atoms with Crippen LogP contribution in [0.2, 0.25) is 0 Å². The molecular weight excluding hydrogens is 191 g/mol. The van der Waals surface area contributed by atoms with Gasteiger partial charge in [-0.25, -0.2) is 4.39 Å². The maximum absolute atomic E-state index is 13.6. The molecular formula is C9H9FO4. The van der Waals surface area contributed by atoms with Gasteiger partial charge in [-0.05, 0) is 6.42 Å². The number of alkyl halides is 1. The van der Waals surface area contributed by atoms with E-state index in [1.54, 1.807) is 0 Å². The number of fused-ring (bicyclic) bond motifs is 1. The van der Waals surface area contributed by atoms with E-state index < -0.39 is 42.0 Å². The Hall–Kier alpha value is -1.13. The normalized spacial score (nSPS) is 53.6. The fourth-order valence-corrected chi connectivity index (χ4v) is 3.31. The first-order chi connectivity index (χ1) is 6.61. The number of ether oxygens (including phenoxy) is 1. The van der Waals surface area contributed by atoms with Crippen molar-refractivity contribution < 1.29 is 23.8 Å². The SMILES string of the molecule is O=C(O)[C@@H]1[C@H]2C[C@@H]3[C@@H](OC(=O)[C@@H]31)[C@@H]2F. The van der Waals surface area contributed by atoms with E-state index >= 15 is 0 Å². The van der Waals surface area contributed by atoms with E-state index in [0.717, 1.165) is 0 Å². The molecule has 0 aromatic heterocycles. The molecule has 0 aromatic carbocycles. The van der Waals surface area contributed by atoms with E-state index in [2.05, 4.69) is 0 Å². The summed E-state index contributed by atoms with van der Waals surface area (Å²) >= 11 is 0. The molecule has 0 amide bonds. The molecule has 3 rings (SSSR count). The molecule has 6 atom stereocenters. The van der Waals surface area contributed by atoms with Crippen molar-refractivity contribution in [3.63, 3.8) is 0 Å². The molecule has 2 aliphatic carbocycles. The maximum Gasteiger partial charge on any atom is 0.310 e. The molecule has 0 radical (unpaired) electrons. The molecule has 1 N–H and O–H groups in total. The minimum Gasteiger partial charge on any atom is -0.481 e. The first kappa shape index (κ1) is 8.20. The Kier molecular flexibility index (Phi) is 1.33. The maximum atomic E-state index is 13.6. The standard InChI is InChI=1S/C9H9FO4/c10-6-2-1-3-5(4(2)8(11)12)9(13)14-7(3)6/h2-7H,1H2,(H,11,12)/t2-,3+,4-,5+,6-,7-/m1/s1. The summed E-state index contributed by atoms with van der Waals surface area (Å²) < 4.78 is 18.4. The number of aliphatic carboxylic acids is 1. The fraction of sp³-hybridized carbons (Fsp3) is 0.778. The third-order valence-electron chi connectivity index (χ3n) is 3.81. The molecule has 0 spiro atoms. The van der Waals surface area contributed by atoms with Gasteiger partial charge in [0.15, 0.2) is 0 Å². The van der Waals surface area contributed by atoms with Crippen molar-refractivity contribution in [2.24, 2.45) is 23.7 Å². The summed E-state index contributed by atoms with van der Waals surface area (Å²) in [5, 5.41) is 8.92. The lowest BCUT2D eigenvalue weighted by Gasteiger charge is -2.23. The van der Waals surface area contributed by atoms with Crippen LogP contribution in [0, 0.1) is 23.7 Å². The van der Waals surface area contributed by atoms with Gasteiger partial charge in [-0.2, -0.15) is 0 Å². The van der Waals surface area contributed by atoms with Crippen LogP contribution in [0.1, 0.15) is 6.42 Å². The van der Waals surface area contributed by atoms with Crippen LogP contribution >= 0.6 is 0 Å².